The predicted molar refractivity (Wildman–Crippen MR) is 79.3 cm³/mol. The van der Waals surface area contributed by atoms with Gasteiger partial charge in [0.1, 0.15) is 11.6 Å². The molecule has 6 heteroatoms. The molecule has 0 saturated heterocycles. The van der Waals surface area contributed by atoms with Gasteiger partial charge in [-0.3, -0.25) is 4.57 Å². The van der Waals surface area contributed by atoms with Crippen molar-refractivity contribution >= 4 is 21.9 Å². The van der Waals surface area contributed by atoms with Crippen LogP contribution in [-0.2, 0) is 0 Å². The number of unbranched alkanes of at least 4 members (excludes halogenated alkanes) is 1. The monoisotopic (exact) mass is 343 g/mol. The molecule has 0 aliphatic carbocycles. The van der Waals surface area contributed by atoms with Gasteiger partial charge < -0.3 is 5.32 Å². The maximum Gasteiger partial charge on any atom is 0.207 e. The average Bonchev–Trinajstić information content (AvgIpc) is 2.75. The summed E-state index contributed by atoms with van der Waals surface area (Å²) in [6.07, 6.45) is 3.78. The molecule has 1 N–H and O–H groups in total. The van der Waals surface area contributed by atoms with E-state index in [9.17, 15) is 8.78 Å². The van der Waals surface area contributed by atoms with Gasteiger partial charge in [-0.05, 0) is 35.3 Å². The van der Waals surface area contributed by atoms with Gasteiger partial charge in [0.2, 0.25) is 5.95 Å². The van der Waals surface area contributed by atoms with E-state index in [2.05, 4.69) is 33.2 Å². The van der Waals surface area contributed by atoms with Crippen molar-refractivity contribution in [1.29, 1.82) is 0 Å². The van der Waals surface area contributed by atoms with E-state index in [1.165, 1.54) is 6.07 Å². The zero-order valence-corrected chi connectivity index (χ0v) is 13.0. The number of aromatic nitrogens is 2. The number of rotatable bonds is 5. The molecule has 0 fully saturated rings. The standard InChI is InChI=1S/C14H16BrF2N3/c1-3-4-5-18-14-19-9(2)8-20(14)13-6-10(15)11(16)7-12(13)17/h6-8H,3-5H2,1-2H3,(H,18,19). The maximum absolute atomic E-state index is 14.0. The zero-order valence-electron chi connectivity index (χ0n) is 11.4. The van der Waals surface area contributed by atoms with Crippen molar-refractivity contribution < 1.29 is 8.78 Å². The van der Waals surface area contributed by atoms with Crippen LogP contribution in [0.3, 0.4) is 0 Å². The predicted octanol–water partition coefficient (Wildman–Crippen LogP) is 4.43. The van der Waals surface area contributed by atoms with Crippen molar-refractivity contribution in [3.8, 4) is 5.69 Å². The summed E-state index contributed by atoms with van der Waals surface area (Å²) in [6, 6.07) is 2.28. The van der Waals surface area contributed by atoms with E-state index in [0.717, 1.165) is 31.1 Å². The van der Waals surface area contributed by atoms with Crippen molar-refractivity contribution in [3.05, 3.63) is 40.1 Å². The highest BCUT2D eigenvalue weighted by Gasteiger charge is 2.14. The minimum Gasteiger partial charge on any atom is -0.355 e. The number of anilines is 1. The number of nitrogens with one attached hydrogen (secondary N) is 1. The SMILES string of the molecule is CCCCNc1nc(C)cn1-c1cc(Br)c(F)cc1F. The minimum absolute atomic E-state index is 0.222. The largest absolute Gasteiger partial charge is 0.355 e. The summed E-state index contributed by atoms with van der Waals surface area (Å²) in [6.45, 7) is 4.69. The first-order valence-corrected chi connectivity index (χ1v) is 7.27. The van der Waals surface area contributed by atoms with Crippen LogP contribution in [0.2, 0.25) is 0 Å². The summed E-state index contributed by atoms with van der Waals surface area (Å²) in [4.78, 5) is 4.33. The number of hydrogen-bond donors (Lipinski definition) is 1. The van der Waals surface area contributed by atoms with Crippen LogP contribution in [0.5, 0.6) is 0 Å². The Labute approximate surface area is 125 Å². The fraction of sp³-hybridized carbons (Fsp3) is 0.357. The van der Waals surface area contributed by atoms with E-state index in [0.29, 0.717) is 5.95 Å². The van der Waals surface area contributed by atoms with Gasteiger partial charge in [-0.1, -0.05) is 13.3 Å². The second-order valence-electron chi connectivity index (χ2n) is 4.57. The molecule has 108 valence electrons. The van der Waals surface area contributed by atoms with Crippen LogP contribution in [0.15, 0.2) is 22.8 Å². The lowest BCUT2D eigenvalue weighted by atomic mass is 10.3. The van der Waals surface area contributed by atoms with E-state index in [1.54, 1.807) is 10.8 Å². The third-order valence-corrected chi connectivity index (χ3v) is 3.50. The molecule has 0 aliphatic heterocycles. The van der Waals surface area contributed by atoms with Crippen molar-refractivity contribution in [3.63, 3.8) is 0 Å². The van der Waals surface area contributed by atoms with E-state index in [4.69, 9.17) is 0 Å². The highest BCUT2D eigenvalue weighted by atomic mass is 79.9. The summed E-state index contributed by atoms with van der Waals surface area (Å²) in [5, 5.41) is 3.17. The third-order valence-electron chi connectivity index (χ3n) is 2.89. The van der Waals surface area contributed by atoms with Crippen LogP contribution in [0.4, 0.5) is 14.7 Å². The van der Waals surface area contributed by atoms with Crippen LogP contribution < -0.4 is 5.32 Å². The fourth-order valence-electron chi connectivity index (χ4n) is 1.88. The molecular weight excluding hydrogens is 328 g/mol. The number of hydrogen-bond acceptors (Lipinski definition) is 2. The first-order valence-electron chi connectivity index (χ1n) is 6.47. The topological polar surface area (TPSA) is 29.9 Å². The normalized spacial score (nSPS) is 10.8. The second-order valence-corrected chi connectivity index (χ2v) is 5.43. The molecule has 0 spiro atoms. The van der Waals surface area contributed by atoms with E-state index in [1.807, 2.05) is 6.92 Å². The maximum atomic E-state index is 14.0. The molecule has 0 aliphatic rings. The van der Waals surface area contributed by atoms with Crippen molar-refractivity contribution in [2.75, 3.05) is 11.9 Å². The molecule has 0 saturated carbocycles. The highest BCUT2D eigenvalue weighted by molar-refractivity contribution is 9.10. The molecule has 3 nitrogen and oxygen atoms in total. The molecule has 0 amide bonds. The summed E-state index contributed by atoms with van der Waals surface area (Å²) < 4.78 is 29.1. The van der Waals surface area contributed by atoms with Crippen LogP contribution >= 0.6 is 15.9 Å². The van der Waals surface area contributed by atoms with Crippen molar-refractivity contribution in [1.82, 2.24) is 9.55 Å². The van der Waals surface area contributed by atoms with Gasteiger partial charge in [0.05, 0.1) is 15.9 Å². The molecule has 1 heterocycles. The molecule has 20 heavy (non-hydrogen) atoms. The second kappa shape index (κ2) is 6.35. The molecular formula is C14H16BrF2N3. The molecule has 0 radical (unpaired) electrons. The Morgan fingerprint density at radius 3 is 2.75 bits per heavy atom. The summed E-state index contributed by atoms with van der Waals surface area (Å²) in [5.74, 6) is -0.682. The number of halogens is 3. The molecule has 0 bridgehead atoms. The molecule has 0 atom stereocenters. The summed E-state index contributed by atoms with van der Waals surface area (Å²) >= 11 is 3.08. The Kier molecular flexibility index (Phi) is 4.75. The van der Waals surface area contributed by atoms with Crippen LogP contribution in [0.25, 0.3) is 5.69 Å². The smallest absolute Gasteiger partial charge is 0.207 e. The Hall–Kier alpha value is -1.43. The summed E-state index contributed by atoms with van der Waals surface area (Å²) in [7, 11) is 0. The molecule has 0 unspecified atom stereocenters. The zero-order chi connectivity index (χ0) is 14.7. The van der Waals surface area contributed by atoms with Gasteiger partial charge in [0, 0.05) is 18.8 Å². The van der Waals surface area contributed by atoms with Gasteiger partial charge in [-0.15, -0.1) is 0 Å². The van der Waals surface area contributed by atoms with Gasteiger partial charge >= 0.3 is 0 Å². The van der Waals surface area contributed by atoms with Crippen molar-refractivity contribution in [2.45, 2.75) is 26.7 Å². The van der Waals surface area contributed by atoms with Crippen LogP contribution in [0.1, 0.15) is 25.5 Å². The fourth-order valence-corrected chi connectivity index (χ4v) is 2.21. The first-order chi connectivity index (χ1) is 9.52. The molecule has 1 aromatic heterocycles. The Balaban J connectivity index is 2.39. The first kappa shape index (κ1) is 15.0. The molecule has 2 aromatic rings. The van der Waals surface area contributed by atoms with Gasteiger partial charge in [-0.2, -0.15) is 0 Å². The summed E-state index contributed by atoms with van der Waals surface area (Å²) in [5.41, 5.74) is 1.03. The highest BCUT2D eigenvalue weighted by Crippen LogP contribution is 2.25. The lowest BCUT2D eigenvalue weighted by Gasteiger charge is -2.11. The number of aryl methyl sites for hydroxylation is 1. The quantitative estimate of drug-likeness (QED) is 0.642. The molecule has 2 rings (SSSR count). The molecule has 1 aromatic carbocycles. The Morgan fingerprint density at radius 1 is 1.30 bits per heavy atom. The van der Waals surface area contributed by atoms with E-state index in [-0.39, 0.29) is 10.2 Å². The number of imidazole rings is 1. The van der Waals surface area contributed by atoms with E-state index < -0.39 is 11.6 Å². The average molecular weight is 344 g/mol. The third kappa shape index (κ3) is 3.17. The van der Waals surface area contributed by atoms with Gasteiger partial charge in [-0.25, -0.2) is 13.8 Å². The lowest BCUT2D eigenvalue weighted by molar-refractivity contribution is 0.574. The van der Waals surface area contributed by atoms with Crippen LogP contribution in [0, 0.1) is 18.6 Å². The minimum atomic E-state index is -0.623. The Bertz CT molecular complexity index is 611. The van der Waals surface area contributed by atoms with E-state index >= 15 is 0 Å². The van der Waals surface area contributed by atoms with Gasteiger partial charge in [0.15, 0.2) is 0 Å². The number of benzene rings is 1. The number of nitrogens with zero attached hydrogens (tertiary/aromatic N) is 2. The van der Waals surface area contributed by atoms with Crippen molar-refractivity contribution in [2.24, 2.45) is 0 Å². The lowest BCUT2D eigenvalue weighted by Crippen LogP contribution is -2.08. The van der Waals surface area contributed by atoms with Crippen LogP contribution in [-0.4, -0.2) is 16.1 Å². The Morgan fingerprint density at radius 2 is 2.05 bits per heavy atom. The van der Waals surface area contributed by atoms with Gasteiger partial charge in [0.25, 0.3) is 0 Å².